The smallest absolute Gasteiger partial charge is 0.0565 e. The average molecular weight is 181 g/mol. The van der Waals surface area contributed by atoms with Crippen LogP contribution in [0.1, 0.15) is 19.4 Å². The topological polar surface area (TPSA) is 29.9 Å². The highest BCUT2D eigenvalue weighted by atomic mass is 15.3. The molecule has 1 N–H and O–H groups in total. The summed E-state index contributed by atoms with van der Waals surface area (Å²) in [6, 6.07) is 0.499. The van der Waals surface area contributed by atoms with Gasteiger partial charge in [-0.15, -0.1) is 0 Å². The Morgan fingerprint density at radius 1 is 1.54 bits per heavy atom. The first-order valence-corrected chi connectivity index (χ1v) is 4.79. The van der Waals surface area contributed by atoms with Crippen molar-refractivity contribution < 1.29 is 0 Å². The van der Waals surface area contributed by atoms with E-state index in [4.69, 9.17) is 0 Å². The fraction of sp³-hybridized carbons (Fsp3) is 0.700. The molecule has 3 heteroatoms. The number of likely N-dealkylation sites (N-methyl/N-ethyl adjacent to an activating group) is 1. The van der Waals surface area contributed by atoms with Gasteiger partial charge in [-0.25, -0.2) is 0 Å². The summed E-state index contributed by atoms with van der Waals surface area (Å²) in [5.41, 5.74) is 1.22. The zero-order valence-electron chi connectivity index (χ0n) is 8.91. The largest absolute Gasteiger partial charge is 0.315 e. The van der Waals surface area contributed by atoms with Gasteiger partial charge in [-0.3, -0.25) is 4.68 Å². The van der Waals surface area contributed by atoms with E-state index in [0.29, 0.717) is 12.0 Å². The molecule has 0 aliphatic carbocycles. The first-order chi connectivity index (χ1) is 6.13. The van der Waals surface area contributed by atoms with E-state index in [1.54, 1.807) is 0 Å². The Balaban J connectivity index is 2.56. The second kappa shape index (κ2) is 4.42. The lowest BCUT2D eigenvalue weighted by molar-refractivity contribution is 0.362. The van der Waals surface area contributed by atoms with Gasteiger partial charge in [0.1, 0.15) is 0 Å². The lowest BCUT2D eigenvalue weighted by Crippen LogP contribution is -2.35. The Morgan fingerprint density at radius 3 is 2.62 bits per heavy atom. The summed E-state index contributed by atoms with van der Waals surface area (Å²) < 4.78 is 2.00. The van der Waals surface area contributed by atoms with E-state index in [9.17, 15) is 0 Å². The summed E-state index contributed by atoms with van der Waals surface area (Å²) in [6.45, 7) is 7.45. The van der Waals surface area contributed by atoms with Crippen molar-refractivity contribution in [3.63, 3.8) is 0 Å². The Labute approximate surface area is 80.1 Å². The Kier molecular flexibility index (Phi) is 3.48. The zero-order chi connectivity index (χ0) is 9.84. The van der Waals surface area contributed by atoms with Crippen LogP contribution in [0.25, 0.3) is 0 Å². The zero-order valence-corrected chi connectivity index (χ0v) is 8.91. The summed E-state index contributed by atoms with van der Waals surface area (Å²) in [4.78, 5) is 0. The quantitative estimate of drug-likeness (QED) is 0.761. The predicted octanol–water partition coefficient (Wildman–Crippen LogP) is 1.44. The van der Waals surface area contributed by atoms with Gasteiger partial charge in [0.05, 0.1) is 12.7 Å². The SMILES string of the molecule is CNC(Cn1cc(C)cn1)C(C)C. The maximum absolute atomic E-state index is 4.26. The molecule has 1 unspecified atom stereocenters. The van der Waals surface area contributed by atoms with Crippen molar-refractivity contribution >= 4 is 0 Å². The fourth-order valence-electron chi connectivity index (χ4n) is 1.40. The van der Waals surface area contributed by atoms with Crippen molar-refractivity contribution in [2.75, 3.05) is 7.05 Å². The van der Waals surface area contributed by atoms with Crippen molar-refractivity contribution in [2.24, 2.45) is 5.92 Å². The van der Waals surface area contributed by atoms with Crippen LogP contribution in [-0.2, 0) is 6.54 Å². The van der Waals surface area contributed by atoms with E-state index in [1.807, 2.05) is 17.9 Å². The minimum absolute atomic E-state index is 0.499. The van der Waals surface area contributed by atoms with E-state index in [1.165, 1.54) is 5.56 Å². The van der Waals surface area contributed by atoms with Gasteiger partial charge in [-0.05, 0) is 25.5 Å². The van der Waals surface area contributed by atoms with Gasteiger partial charge in [-0.2, -0.15) is 5.10 Å². The minimum Gasteiger partial charge on any atom is -0.315 e. The number of rotatable bonds is 4. The van der Waals surface area contributed by atoms with E-state index in [2.05, 4.69) is 37.4 Å². The van der Waals surface area contributed by atoms with Gasteiger partial charge in [0.25, 0.3) is 0 Å². The number of hydrogen-bond donors (Lipinski definition) is 1. The van der Waals surface area contributed by atoms with Gasteiger partial charge in [0.15, 0.2) is 0 Å². The van der Waals surface area contributed by atoms with Crippen LogP contribution in [-0.4, -0.2) is 22.9 Å². The van der Waals surface area contributed by atoms with Crippen LogP contribution in [0.5, 0.6) is 0 Å². The first-order valence-electron chi connectivity index (χ1n) is 4.79. The number of aromatic nitrogens is 2. The second-order valence-corrected chi connectivity index (χ2v) is 3.88. The third kappa shape index (κ3) is 2.84. The Morgan fingerprint density at radius 2 is 2.23 bits per heavy atom. The maximum Gasteiger partial charge on any atom is 0.0565 e. The number of hydrogen-bond acceptors (Lipinski definition) is 2. The summed E-state index contributed by atoms with van der Waals surface area (Å²) >= 11 is 0. The third-order valence-corrected chi connectivity index (χ3v) is 2.32. The molecule has 0 spiro atoms. The summed E-state index contributed by atoms with van der Waals surface area (Å²) in [5, 5.41) is 7.56. The van der Waals surface area contributed by atoms with Gasteiger partial charge in [-0.1, -0.05) is 13.8 Å². The second-order valence-electron chi connectivity index (χ2n) is 3.88. The molecule has 0 fully saturated rings. The van der Waals surface area contributed by atoms with E-state index in [-0.39, 0.29) is 0 Å². The third-order valence-electron chi connectivity index (χ3n) is 2.32. The van der Waals surface area contributed by atoms with Crippen LogP contribution in [0, 0.1) is 12.8 Å². The Hall–Kier alpha value is -0.830. The molecule has 0 amide bonds. The normalized spacial score (nSPS) is 13.6. The minimum atomic E-state index is 0.499. The molecular weight excluding hydrogens is 162 g/mol. The van der Waals surface area contributed by atoms with Gasteiger partial charge in [0, 0.05) is 12.2 Å². The van der Waals surface area contributed by atoms with Gasteiger partial charge >= 0.3 is 0 Å². The molecule has 13 heavy (non-hydrogen) atoms. The van der Waals surface area contributed by atoms with Crippen molar-refractivity contribution in [1.29, 1.82) is 0 Å². The highest BCUT2D eigenvalue weighted by molar-refractivity contribution is 4.99. The van der Waals surface area contributed by atoms with Crippen molar-refractivity contribution in [1.82, 2.24) is 15.1 Å². The van der Waals surface area contributed by atoms with Gasteiger partial charge in [0.2, 0.25) is 0 Å². The molecule has 1 aromatic heterocycles. The van der Waals surface area contributed by atoms with Crippen LogP contribution in [0.15, 0.2) is 12.4 Å². The van der Waals surface area contributed by atoms with Crippen LogP contribution in [0.2, 0.25) is 0 Å². The first kappa shape index (κ1) is 10.3. The number of nitrogens with zero attached hydrogens (tertiary/aromatic N) is 2. The van der Waals surface area contributed by atoms with E-state index >= 15 is 0 Å². The highest BCUT2D eigenvalue weighted by Gasteiger charge is 2.11. The maximum atomic E-state index is 4.26. The highest BCUT2D eigenvalue weighted by Crippen LogP contribution is 2.04. The van der Waals surface area contributed by atoms with Crippen molar-refractivity contribution in [2.45, 2.75) is 33.4 Å². The summed E-state index contributed by atoms with van der Waals surface area (Å²) in [7, 11) is 2.00. The molecule has 0 saturated heterocycles. The molecule has 1 rings (SSSR count). The number of nitrogens with one attached hydrogen (secondary N) is 1. The molecule has 1 heterocycles. The lowest BCUT2D eigenvalue weighted by atomic mass is 10.1. The summed E-state index contributed by atoms with van der Waals surface area (Å²) in [6.07, 6.45) is 3.97. The lowest BCUT2D eigenvalue weighted by Gasteiger charge is -2.19. The Bertz CT molecular complexity index is 252. The molecule has 74 valence electrons. The molecule has 0 bridgehead atoms. The summed E-state index contributed by atoms with van der Waals surface area (Å²) in [5.74, 6) is 0.634. The molecular formula is C10H19N3. The van der Waals surface area contributed by atoms with E-state index < -0.39 is 0 Å². The van der Waals surface area contributed by atoms with E-state index in [0.717, 1.165) is 6.54 Å². The fourth-order valence-corrected chi connectivity index (χ4v) is 1.40. The van der Waals surface area contributed by atoms with Gasteiger partial charge < -0.3 is 5.32 Å². The van der Waals surface area contributed by atoms with Crippen LogP contribution in [0.4, 0.5) is 0 Å². The molecule has 1 aromatic rings. The predicted molar refractivity (Wildman–Crippen MR) is 54.6 cm³/mol. The van der Waals surface area contributed by atoms with Crippen LogP contribution in [0.3, 0.4) is 0 Å². The molecule has 0 aromatic carbocycles. The van der Waals surface area contributed by atoms with Crippen LogP contribution >= 0.6 is 0 Å². The van der Waals surface area contributed by atoms with Crippen molar-refractivity contribution in [3.05, 3.63) is 18.0 Å². The number of aryl methyl sites for hydroxylation is 1. The molecule has 0 aliphatic rings. The van der Waals surface area contributed by atoms with Crippen LogP contribution < -0.4 is 5.32 Å². The molecule has 1 atom stereocenters. The monoisotopic (exact) mass is 181 g/mol. The standard InChI is InChI=1S/C10H19N3/c1-8(2)10(11-4)7-13-6-9(3)5-12-13/h5-6,8,10-11H,7H2,1-4H3. The molecule has 0 saturated carbocycles. The van der Waals surface area contributed by atoms with Crippen molar-refractivity contribution in [3.8, 4) is 0 Å². The molecule has 0 aliphatic heterocycles. The molecule has 3 nitrogen and oxygen atoms in total. The molecule has 0 radical (unpaired) electrons. The average Bonchev–Trinajstić information content (AvgIpc) is 2.46.